The number of alkyl halides is 3. The maximum Gasteiger partial charge on any atom is 0.416 e. The summed E-state index contributed by atoms with van der Waals surface area (Å²) in [5, 5.41) is 6.80. The van der Waals surface area contributed by atoms with E-state index in [9.17, 15) is 59.5 Å². The first-order chi connectivity index (χ1) is 41.0. The first kappa shape index (κ1) is 62.8. The van der Waals surface area contributed by atoms with Crippen molar-refractivity contribution in [3.8, 4) is 40.2 Å². The average molecular weight is 1240 g/mol. The Morgan fingerprint density at radius 3 is 1.55 bits per heavy atom. The quantitative estimate of drug-likeness (QED) is 0.0839. The number of benzene rings is 6. The van der Waals surface area contributed by atoms with Crippen LogP contribution in [0.4, 0.5) is 30.7 Å². The molecule has 23 heteroatoms. The number of aryl methyl sites for hydroxylation is 1. The Bertz CT molecular complexity index is 3870. The zero-order valence-electron chi connectivity index (χ0n) is 44.7. The molecule has 1 fully saturated rings. The van der Waals surface area contributed by atoms with Crippen molar-refractivity contribution in [2.45, 2.75) is 45.2 Å². The summed E-state index contributed by atoms with van der Waals surface area (Å²) in [4.78, 5) is 72.2. The number of ether oxygens (including phenoxy) is 4. The minimum absolute atomic E-state index is 0.0337. The van der Waals surface area contributed by atoms with E-state index in [1.54, 1.807) is 48.6 Å². The second-order valence-corrected chi connectivity index (χ2v) is 20.3. The summed E-state index contributed by atoms with van der Waals surface area (Å²) >= 11 is 17.6. The number of allylic oxidation sites excluding steroid dienone is 9. The van der Waals surface area contributed by atoms with Gasteiger partial charge in [0.05, 0.1) is 38.9 Å². The SMILES string of the molecule is Cc1ccc(Oc2cc(C(F)(F)F)ccc2C(=O)NC2=CC(=O)CC=C2)c(Cl)c1F.O=C1C=C(NC(=O)c2cc(F)c(Cl)cc2Oc2ccc(F)cc2Cl)C=CC1.O=C1C=C(NC(=O)c2cc(F)ccc2Oc2ccc(OCC3CC3)cc2)C=CC1. The van der Waals surface area contributed by atoms with Crippen LogP contribution in [0.3, 0.4) is 0 Å². The van der Waals surface area contributed by atoms with Gasteiger partial charge in [-0.15, -0.1) is 0 Å². The van der Waals surface area contributed by atoms with Crippen LogP contribution in [0.15, 0.2) is 175 Å². The van der Waals surface area contributed by atoms with E-state index in [1.165, 1.54) is 80.5 Å². The molecule has 0 bridgehead atoms. The van der Waals surface area contributed by atoms with Gasteiger partial charge in [0.2, 0.25) is 0 Å². The van der Waals surface area contributed by atoms with Gasteiger partial charge < -0.3 is 34.9 Å². The van der Waals surface area contributed by atoms with Gasteiger partial charge in [0.15, 0.2) is 17.3 Å². The third-order valence-corrected chi connectivity index (χ3v) is 13.3. The molecule has 442 valence electrons. The number of amides is 3. The number of carbonyl (C=O) groups excluding carboxylic acids is 6. The van der Waals surface area contributed by atoms with Crippen molar-refractivity contribution in [3.63, 3.8) is 0 Å². The monoisotopic (exact) mass is 1240 g/mol. The number of hydrogen-bond acceptors (Lipinski definition) is 10. The molecule has 3 amide bonds. The highest BCUT2D eigenvalue weighted by Crippen LogP contribution is 2.39. The van der Waals surface area contributed by atoms with E-state index in [4.69, 9.17) is 53.8 Å². The van der Waals surface area contributed by atoms with E-state index in [0.717, 1.165) is 54.8 Å². The second kappa shape index (κ2) is 28.1. The van der Waals surface area contributed by atoms with Gasteiger partial charge >= 0.3 is 6.18 Å². The Morgan fingerprint density at radius 1 is 0.523 bits per heavy atom. The number of carbonyl (C=O) groups is 6. The van der Waals surface area contributed by atoms with Gasteiger partial charge in [-0.25, -0.2) is 17.6 Å². The molecule has 86 heavy (non-hydrogen) atoms. The molecule has 6 aromatic rings. The molecule has 10 rings (SSSR count). The van der Waals surface area contributed by atoms with Crippen LogP contribution in [-0.4, -0.2) is 41.7 Å². The molecule has 4 aliphatic carbocycles. The molecule has 6 aromatic carbocycles. The predicted octanol–water partition coefficient (Wildman–Crippen LogP) is 15.5. The summed E-state index contributed by atoms with van der Waals surface area (Å²) in [6.45, 7) is 2.18. The van der Waals surface area contributed by atoms with E-state index in [0.29, 0.717) is 29.9 Å². The lowest BCUT2D eigenvalue weighted by molar-refractivity contribution is -0.137. The Hall–Kier alpha value is -9.24. The Labute approximate surface area is 501 Å². The van der Waals surface area contributed by atoms with Crippen molar-refractivity contribution in [2.24, 2.45) is 5.92 Å². The molecule has 3 N–H and O–H groups in total. The number of nitrogens with one attached hydrogen (secondary N) is 3. The largest absolute Gasteiger partial charge is 0.493 e. The Balaban J connectivity index is 0.000000168. The van der Waals surface area contributed by atoms with Crippen LogP contribution < -0.4 is 34.9 Å². The summed E-state index contributed by atoms with van der Waals surface area (Å²) in [7, 11) is 0. The molecule has 13 nitrogen and oxygen atoms in total. The van der Waals surface area contributed by atoms with Crippen LogP contribution in [0.2, 0.25) is 15.1 Å². The average Bonchev–Trinajstić information content (AvgIpc) is 1.79. The summed E-state index contributed by atoms with van der Waals surface area (Å²) in [5.41, 5.74) is -0.444. The van der Waals surface area contributed by atoms with Crippen LogP contribution in [0.5, 0.6) is 40.2 Å². The number of ketones is 3. The molecular weight excluding hydrogens is 1200 g/mol. The lowest BCUT2D eigenvalue weighted by atomic mass is 10.1. The first-order valence-corrected chi connectivity index (χ1v) is 26.9. The van der Waals surface area contributed by atoms with Gasteiger partial charge in [-0.2, -0.15) is 13.2 Å². The van der Waals surface area contributed by atoms with Crippen molar-refractivity contribution in [2.75, 3.05) is 6.61 Å². The minimum atomic E-state index is -4.70. The standard InChI is InChI=1S/C23H20FNO4.C21H14ClF4NO3.C19H11Cl2F2NO3/c24-16-6-11-22(21(12-16)23(27)25-17-2-1-3-18(26)13-17)29-20-9-7-19(8-10-20)28-14-15-4-5-15;1-11-5-8-16(18(22)19(11)23)30-17-9-12(21(24,25)26)6-7-15(17)20(29)27-13-3-2-4-14(28)10-13;20-14-9-18(27-17-5-4-10(22)6-15(17)21)13(8-16(14)23)19(26)24-11-2-1-3-12(25)7-11/h1-2,6-13,15H,3-5,14H2,(H,25,27);2-3,5-10H,4H2,1H3,(H,27,29);1-2,4-9H,3H2,(H,24,26). The van der Waals surface area contributed by atoms with Crippen molar-refractivity contribution in [1.82, 2.24) is 16.0 Å². The smallest absolute Gasteiger partial charge is 0.416 e. The summed E-state index contributed by atoms with van der Waals surface area (Å²) < 4.78 is 117. The van der Waals surface area contributed by atoms with E-state index in [-0.39, 0.29) is 96.9 Å². The molecule has 4 aliphatic rings. The van der Waals surface area contributed by atoms with Crippen LogP contribution in [-0.2, 0) is 20.6 Å². The molecule has 0 unspecified atom stereocenters. The number of hydrogen-bond donors (Lipinski definition) is 3. The third-order valence-electron chi connectivity index (χ3n) is 12.4. The van der Waals surface area contributed by atoms with E-state index < -0.39 is 63.5 Å². The van der Waals surface area contributed by atoms with Gasteiger partial charge in [-0.3, -0.25) is 28.8 Å². The van der Waals surface area contributed by atoms with E-state index in [1.807, 2.05) is 0 Å². The predicted molar refractivity (Wildman–Crippen MR) is 305 cm³/mol. The fourth-order valence-electron chi connectivity index (χ4n) is 7.84. The maximum absolute atomic E-state index is 14.0. The lowest BCUT2D eigenvalue weighted by Crippen LogP contribution is -2.24. The van der Waals surface area contributed by atoms with Gasteiger partial charge in [0.1, 0.15) is 68.5 Å². The van der Waals surface area contributed by atoms with Crippen molar-refractivity contribution in [1.29, 1.82) is 0 Å². The summed E-state index contributed by atoms with van der Waals surface area (Å²) in [5.74, 6) is -3.99. The van der Waals surface area contributed by atoms with Crippen LogP contribution in [0.1, 0.15) is 74.3 Å². The van der Waals surface area contributed by atoms with Crippen molar-refractivity contribution in [3.05, 3.63) is 241 Å². The first-order valence-electron chi connectivity index (χ1n) is 25.8. The van der Waals surface area contributed by atoms with Gasteiger partial charge in [-0.05, 0) is 140 Å². The van der Waals surface area contributed by atoms with E-state index >= 15 is 0 Å². The highest BCUT2D eigenvalue weighted by Gasteiger charge is 2.33. The molecule has 0 aromatic heterocycles. The van der Waals surface area contributed by atoms with Crippen LogP contribution in [0, 0.1) is 36.1 Å². The van der Waals surface area contributed by atoms with Crippen LogP contribution >= 0.6 is 34.8 Å². The van der Waals surface area contributed by atoms with Crippen LogP contribution in [0.25, 0.3) is 0 Å². The molecule has 0 aliphatic heterocycles. The second-order valence-electron chi connectivity index (χ2n) is 19.1. The molecular formula is C63H45Cl3F7N3O10. The van der Waals surface area contributed by atoms with Gasteiger partial charge in [0.25, 0.3) is 17.7 Å². The fraction of sp³-hybridized carbons (Fsp3) is 0.143. The van der Waals surface area contributed by atoms with Gasteiger partial charge in [-0.1, -0.05) is 59.1 Å². The maximum atomic E-state index is 14.0. The highest BCUT2D eigenvalue weighted by molar-refractivity contribution is 6.32. The number of halogens is 10. The molecule has 1 saturated carbocycles. The molecule has 0 spiro atoms. The molecule has 0 radical (unpaired) electrons. The lowest BCUT2D eigenvalue weighted by Gasteiger charge is -2.16. The Morgan fingerprint density at radius 2 is 1.01 bits per heavy atom. The topological polar surface area (TPSA) is 175 Å². The summed E-state index contributed by atoms with van der Waals surface area (Å²) in [6, 6.07) is 21.1. The zero-order chi connectivity index (χ0) is 61.8. The summed E-state index contributed by atoms with van der Waals surface area (Å²) in [6.07, 6.45) is 11.8. The normalized spacial score (nSPS) is 14.3. The van der Waals surface area contributed by atoms with Crippen molar-refractivity contribution >= 4 is 69.9 Å². The zero-order valence-corrected chi connectivity index (χ0v) is 47.0. The van der Waals surface area contributed by atoms with Crippen molar-refractivity contribution < 1.29 is 78.4 Å². The Kier molecular flexibility index (Phi) is 20.5. The molecule has 0 saturated heterocycles. The highest BCUT2D eigenvalue weighted by atomic mass is 35.5. The van der Waals surface area contributed by atoms with E-state index in [2.05, 4.69) is 16.0 Å². The third kappa shape index (κ3) is 17.4. The minimum Gasteiger partial charge on any atom is -0.493 e. The number of rotatable bonds is 15. The molecule has 0 atom stereocenters. The molecule has 0 heterocycles. The fourth-order valence-corrected chi connectivity index (χ4v) is 8.45. The van der Waals surface area contributed by atoms with Gasteiger partial charge in [0, 0.05) is 60.6 Å².